The summed E-state index contributed by atoms with van der Waals surface area (Å²) in [5.74, 6) is -1.15. The summed E-state index contributed by atoms with van der Waals surface area (Å²) in [7, 11) is 0. The summed E-state index contributed by atoms with van der Waals surface area (Å²) in [6.07, 6.45) is 0.959. The average molecular weight is 220 g/mol. The maximum atomic E-state index is 9.40. The molecule has 0 amide bonds. The Balaban J connectivity index is 0. The number of halogens is 1. The Hall–Kier alpha value is 0.940. The predicted octanol–water partition coefficient (Wildman–Crippen LogP) is -3.31. The number of carbonyl (C=O) groups is 1. The number of carboxylic acid groups (broad SMARTS) is 1. The van der Waals surface area contributed by atoms with Crippen LogP contribution in [0.2, 0.25) is 0 Å². The van der Waals surface area contributed by atoms with E-state index in [4.69, 9.17) is 0 Å². The molecule has 0 atom stereocenters. The maximum absolute atomic E-state index is 9.40. The van der Waals surface area contributed by atoms with Gasteiger partial charge in [0, 0.05) is 0 Å². The van der Waals surface area contributed by atoms with Gasteiger partial charge in [0.25, 0.3) is 0 Å². The normalized spacial score (nSPS) is 8.14. The van der Waals surface area contributed by atoms with Crippen LogP contribution in [-0.4, -0.2) is 5.97 Å². The summed E-state index contributed by atoms with van der Waals surface area (Å²) in [5.41, 5.74) is 0. The van der Waals surface area contributed by atoms with Crippen molar-refractivity contribution in [3.63, 3.8) is 0 Å². The molecule has 0 aromatic heterocycles. The van der Waals surface area contributed by atoms with E-state index in [2.05, 4.69) is 0 Å². The second-order valence-electron chi connectivity index (χ2n) is 0.612. The van der Waals surface area contributed by atoms with Crippen LogP contribution in [0.3, 0.4) is 0 Å². The van der Waals surface area contributed by atoms with Crippen LogP contribution in [0.4, 0.5) is 0 Å². The Morgan fingerprint density at radius 3 is 2.14 bits per heavy atom. The molecule has 0 fully saturated rings. The Kier molecular flexibility index (Phi) is 10.7. The summed E-state index contributed by atoms with van der Waals surface area (Å²) in [5, 5.41) is 9.40. The van der Waals surface area contributed by atoms with E-state index in [-0.39, 0.29) is 29.6 Å². The molecule has 0 unspecified atom stereocenters. The van der Waals surface area contributed by atoms with E-state index in [1.807, 2.05) is 0 Å². The predicted molar refractivity (Wildman–Crippen MR) is 28.2 cm³/mol. The number of aliphatic carboxylic acids is 1. The summed E-state index contributed by atoms with van der Waals surface area (Å²) >= 11 is 1.80. The van der Waals surface area contributed by atoms with Crippen molar-refractivity contribution in [3.05, 3.63) is 10.2 Å². The molecule has 2 nitrogen and oxygen atoms in total. The zero-order chi connectivity index (χ0) is 4.99. The fourth-order valence-corrected chi connectivity index (χ4v) is 0.345. The van der Waals surface area contributed by atoms with Crippen LogP contribution in [0.1, 0.15) is 0 Å². The molecule has 0 heterocycles. The monoisotopic (exact) mass is 220 g/mol. The summed E-state index contributed by atoms with van der Waals surface area (Å²) in [6.45, 7) is 0. The van der Waals surface area contributed by atoms with E-state index in [9.17, 15) is 9.90 Å². The largest absolute Gasteiger partial charge is 1.00 e. The molecule has 7 heavy (non-hydrogen) atoms. The molecule has 4 heteroatoms. The van der Waals surface area contributed by atoms with Crippen LogP contribution in [0.25, 0.3) is 0 Å². The minimum atomic E-state index is -1.15. The fraction of sp³-hybridized carbons (Fsp3) is 0. The summed E-state index contributed by atoms with van der Waals surface area (Å²) in [4.78, 5) is 9.40. The molecule has 0 aliphatic heterocycles. The molecule has 0 saturated heterocycles. The van der Waals surface area contributed by atoms with Gasteiger partial charge in [0.05, 0.1) is 5.97 Å². The first-order valence-electron chi connectivity index (χ1n) is 1.25. The van der Waals surface area contributed by atoms with Crippen LogP contribution in [0, 0.1) is 0 Å². The van der Waals surface area contributed by atoms with E-state index >= 15 is 0 Å². The molecule has 0 aromatic carbocycles. The van der Waals surface area contributed by atoms with Gasteiger partial charge in [-0.15, -0.1) is 0 Å². The molecule has 0 saturated carbocycles. The van der Waals surface area contributed by atoms with Crippen LogP contribution < -0.4 is 34.7 Å². The van der Waals surface area contributed by atoms with E-state index < -0.39 is 5.97 Å². The molecule has 0 radical (unpaired) electrons. The Morgan fingerprint density at radius 1 is 1.71 bits per heavy atom. The SMILES string of the molecule is O=C([O-])/C=C/I.[Na+]. The van der Waals surface area contributed by atoms with Gasteiger partial charge in [-0.25, -0.2) is 0 Å². The number of hydrogen-bond donors (Lipinski definition) is 0. The number of carbonyl (C=O) groups excluding carboxylic acids is 1. The third kappa shape index (κ3) is 10.9. The second-order valence-corrected chi connectivity index (χ2v) is 1.33. The first-order valence-corrected chi connectivity index (χ1v) is 2.49. The molecule has 0 spiro atoms. The topological polar surface area (TPSA) is 40.1 Å². The quantitative estimate of drug-likeness (QED) is 0.263. The third-order valence-electron chi connectivity index (χ3n) is 0.199. The van der Waals surface area contributed by atoms with Crippen molar-refractivity contribution in [2.45, 2.75) is 0 Å². The van der Waals surface area contributed by atoms with E-state index in [0.29, 0.717) is 0 Å². The van der Waals surface area contributed by atoms with Gasteiger partial charge in [0.2, 0.25) is 0 Å². The van der Waals surface area contributed by atoms with Gasteiger partial charge in [0.1, 0.15) is 0 Å². The first kappa shape index (κ1) is 10.8. The number of carboxylic acids is 1. The van der Waals surface area contributed by atoms with Gasteiger partial charge >= 0.3 is 29.6 Å². The minimum absolute atomic E-state index is 0. The van der Waals surface area contributed by atoms with Gasteiger partial charge in [0.15, 0.2) is 0 Å². The van der Waals surface area contributed by atoms with Gasteiger partial charge in [-0.2, -0.15) is 0 Å². The third-order valence-corrected chi connectivity index (χ3v) is 0.559. The van der Waals surface area contributed by atoms with Gasteiger partial charge in [-0.05, 0) is 10.2 Å². The maximum Gasteiger partial charge on any atom is 1.00 e. The van der Waals surface area contributed by atoms with Crippen molar-refractivity contribution in [1.29, 1.82) is 0 Å². The second kappa shape index (κ2) is 6.94. The standard InChI is InChI=1S/C3H3IO2.Na/c4-2-1-3(5)6;/h1-2H,(H,5,6);/q;+1/p-1/b2-1+;. The zero-order valence-electron chi connectivity index (χ0n) is 3.85. The minimum Gasteiger partial charge on any atom is -0.545 e. The molecule has 0 aliphatic rings. The molecule has 0 rings (SSSR count). The summed E-state index contributed by atoms with van der Waals surface area (Å²) in [6, 6.07) is 0. The molecule has 0 N–H and O–H groups in total. The Morgan fingerprint density at radius 2 is 2.14 bits per heavy atom. The van der Waals surface area contributed by atoms with Crippen LogP contribution in [0.5, 0.6) is 0 Å². The van der Waals surface area contributed by atoms with Crippen molar-refractivity contribution in [1.82, 2.24) is 0 Å². The van der Waals surface area contributed by atoms with Gasteiger partial charge in [-0.3, -0.25) is 0 Å². The van der Waals surface area contributed by atoms with Gasteiger partial charge in [-0.1, -0.05) is 22.6 Å². The van der Waals surface area contributed by atoms with Crippen LogP contribution in [-0.2, 0) is 4.79 Å². The number of hydrogen-bond acceptors (Lipinski definition) is 2. The summed E-state index contributed by atoms with van der Waals surface area (Å²) < 4.78 is 1.38. The van der Waals surface area contributed by atoms with E-state index in [1.165, 1.54) is 4.08 Å². The van der Waals surface area contributed by atoms with Crippen LogP contribution in [0.15, 0.2) is 10.2 Å². The Labute approximate surface area is 77.4 Å². The van der Waals surface area contributed by atoms with E-state index in [1.54, 1.807) is 22.6 Å². The van der Waals surface area contributed by atoms with Crippen LogP contribution >= 0.6 is 22.6 Å². The van der Waals surface area contributed by atoms with Crippen molar-refractivity contribution in [3.8, 4) is 0 Å². The van der Waals surface area contributed by atoms with Crippen molar-refractivity contribution in [2.24, 2.45) is 0 Å². The molecule has 34 valence electrons. The zero-order valence-corrected chi connectivity index (χ0v) is 8.01. The van der Waals surface area contributed by atoms with Crippen molar-refractivity contribution < 1.29 is 39.5 Å². The number of rotatable bonds is 1. The fourth-order valence-electron chi connectivity index (χ4n) is 0.0514. The molecule has 0 aliphatic carbocycles. The van der Waals surface area contributed by atoms with E-state index in [0.717, 1.165) is 6.08 Å². The molecule has 0 aromatic rings. The average Bonchev–Trinajstić information content (AvgIpc) is 1.35. The van der Waals surface area contributed by atoms with Crippen molar-refractivity contribution >= 4 is 28.6 Å². The molecular formula is C3H2INaO2. The van der Waals surface area contributed by atoms with Gasteiger partial charge < -0.3 is 9.90 Å². The van der Waals surface area contributed by atoms with Crippen molar-refractivity contribution in [2.75, 3.05) is 0 Å². The first-order chi connectivity index (χ1) is 2.77. The molecular weight excluding hydrogens is 218 g/mol. The Bertz CT molecular complexity index is 81.0. The smallest absolute Gasteiger partial charge is 0.545 e. The molecule has 0 bridgehead atoms.